The summed E-state index contributed by atoms with van der Waals surface area (Å²) >= 11 is 0. The highest BCUT2D eigenvalue weighted by atomic mass is 79.9. The summed E-state index contributed by atoms with van der Waals surface area (Å²) in [5, 5.41) is 0. The van der Waals surface area contributed by atoms with E-state index in [-0.39, 0.29) is 17.0 Å². The van der Waals surface area contributed by atoms with Crippen molar-refractivity contribution in [3.8, 4) is 0 Å². The number of H-pyrrole nitrogens is 1. The Morgan fingerprint density at radius 3 is 1.67 bits per heavy atom. The molecule has 0 radical (unpaired) electrons. The number of hydrogen-bond acceptors (Lipinski definition) is 0. The van der Waals surface area contributed by atoms with E-state index in [0.29, 0.717) is 0 Å². The molecule has 1 N–H and O–H groups in total. The van der Waals surface area contributed by atoms with Gasteiger partial charge in [0.15, 0.2) is 0 Å². The molecule has 0 unspecified atom stereocenters. The second kappa shape index (κ2) is 12.3. The first-order valence-electron chi connectivity index (χ1n) is 8.72. The monoisotopic (exact) mass is 358 g/mol. The highest BCUT2D eigenvalue weighted by molar-refractivity contribution is 5.02. The summed E-state index contributed by atoms with van der Waals surface area (Å²) < 4.78 is 2.43. The van der Waals surface area contributed by atoms with Crippen molar-refractivity contribution in [1.29, 1.82) is 0 Å². The Bertz CT molecular complexity index is 372. The van der Waals surface area contributed by atoms with Crippen molar-refractivity contribution in [2.45, 2.75) is 98.4 Å². The van der Waals surface area contributed by atoms with Crippen molar-refractivity contribution in [2.75, 3.05) is 0 Å². The number of aromatic amines is 1. The fraction of sp³-hybridized carbons (Fsp3) is 0.833. The van der Waals surface area contributed by atoms with Crippen LogP contribution in [0.2, 0.25) is 0 Å². The van der Waals surface area contributed by atoms with E-state index in [0.717, 1.165) is 0 Å². The number of aryl methyl sites for hydroxylation is 2. The molecule has 0 amide bonds. The lowest BCUT2D eigenvalue weighted by molar-refractivity contribution is -0.707. The van der Waals surface area contributed by atoms with E-state index in [1.54, 1.807) is 0 Å². The van der Waals surface area contributed by atoms with Gasteiger partial charge >= 0.3 is 0 Å². The van der Waals surface area contributed by atoms with Crippen LogP contribution in [0.15, 0.2) is 0 Å². The fourth-order valence-corrected chi connectivity index (χ4v) is 2.98. The lowest BCUT2D eigenvalue weighted by atomic mass is 10.1. The van der Waals surface area contributed by atoms with Gasteiger partial charge in [0, 0.05) is 20.8 Å². The zero-order valence-corrected chi connectivity index (χ0v) is 16.2. The molecular formula is C18H35BrN2. The number of halogens is 1. The smallest absolute Gasteiger partial charge is 0.251 e. The Balaban J connectivity index is 0.00000400. The van der Waals surface area contributed by atoms with Crippen LogP contribution in [0, 0.1) is 20.8 Å². The molecule has 0 saturated heterocycles. The maximum atomic E-state index is 3.42. The van der Waals surface area contributed by atoms with Gasteiger partial charge in [0.2, 0.25) is 0 Å². The van der Waals surface area contributed by atoms with Gasteiger partial charge in [-0.2, -0.15) is 0 Å². The highest BCUT2D eigenvalue weighted by Crippen LogP contribution is 2.10. The first-order valence-corrected chi connectivity index (χ1v) is 8.72. The van der Waals surface area contributed by atoms with Crippen LogP contribution in [0.25, 0.3) is 0 Å². The van der Waals surface area contributed by atoms with Crippen LogP contribution in [0.3, 0.4) is 0 Å². The van der Waals surface area contributed by atoms with Crippen LogP contribution in [0.1, 0.15) is 88.3 Å². The largest absolute Gasteiger partial charge is 1.00 e. The average Bonchev–Trinajstić information content (AvgIpc) is 2.67. The van der Waals surface area contributed by atoms with Crippen molar-refractivity contribution in [2.24, 2.45) is 0 Å². The van der Waals surface area contributed by atoms with Crippen LogP contribution in [0.5, 0.6) is 0 Å². The summed E-state index contributed by atoms with van der Waals surface area (Å²) in [6, 6.07) is 0. The van der Waals surface area contributed by atoms with E-state index in [2.05, 4.69) is 37.2 Å². The van der Waals surface area contributed by atoms with Gasteiger partial charge in [-0.1, -0.05) is 58.3 Å². The van der Waals surface area contributed by atoms with Gasteiger partial charge in [-0.3, -0.25) is 0 Å². The van der Waals surface area contributed by atoms with E-state index in [1.165, 1.54) is 88.0 Å². The third kappa shape index (κ3) is 8.04. The topological polar surface area (TPSA) is 19.7 Å². The van der Waals surface area contributed by atoms with Gasteiger partial charge in [0.25, 0.3) is 5.82 Å². The van der Waals surface area contributed by atoms with Gasteiger partial charge in [-0.05, 0) is 12.8 Å². The first kappa shape index (κ1) is 20.7. The Kier molecular flexibility index (Phi) is 12.1. The predicted molar refractivity (Wildman–Crippen MR) is 87.0 cm³/mol. The summed E-state index contributed by atoms with van der Waals surface area (Å²) in [7, 11) is 0. The summed E-state index contributed by atoms with van der Waals surface area (Å²) in [4.78, 5) is 3.42. The van der Waals surface area contributed by atoms with Crippen LogP contribution in [0.4, 0.5) is 0 Å². The van der Waals surface area contributed by atoms with Gasteiger partial charge in [-0.25, -0.2) is 9.55 Å². The molecule has 0 atom stereocenters. The van der Waals surface area contributed by atoms with Crippen molar-refractivity contribution in [3.63, 3.8) is 0 Å². The summed E-state index contributed by atoms with van der Waals surface area (Å²) in [5.41, 5.74) is 2.72. The molecule has 0 aliphatic rings. The zero-order valence-electron chi connectivity index (χ0n) is 14.6. The van der Waals surface area contributed by atoms with Crippen LogP contribution in [-0.4, -0.2) is 4.98 Å². The number of imidazole rings is 1. The molecule has 0 saturated carbocycles. The number of aromatic nitrogens is 2. The molecule has 0 aromatic carbocycles. The van der Waals surface area contributed by atoms with Crippen LogP contribution >= 0.6 is 0 Å². The lowest BCUT2D eigenvalue weighted by Crippen LogP contribution is -3.00. The molecular weight excluding hydrogens is 324 g/mol. The maximum absolute atomic E-state index is 3.42. The van der Waals surface area contributed by atoms with E-state index in [1.807, 2.05) is 0 Å². The second-order valence-electron chi connectivity index (χ2n) is 6.25. The second-order valence-corrected chi connectivity index (χ2v) is 6.25. The molecule has 0 aliphatic carbocycles. The Morgan fingerprint density at radius 2 is 1.24 bits per heavy atom. The van der Waals surface area contributed by atoms with Crippen molar-refractivity contribution >= 4 is 0 Å². The van der Waals surface area contributed by atoms with Gasteiger partial charge in [0.05, 0.1) is 6.54 Å². The van der Waals surface area contributed by atoms with E-state index in [9.17, 15) is 0 Å². The van der Waals surface area contributed by atoms with Crippen molar-refractivity contribution in [1.82, 2.24) is 4.98 Å². The molecule has 0 aliphatic heterocycles. The molecule has 124 valence electrons. The standard InChI is InChI=1S/C18H34N2.BrH/c1-5-6-7-8-9-10-11-12-13-14-15-20-17(3)16(2)19-18(20)4;/h5-15H2,1-4H3;1H. The van der Waals surface area contributed by atoms with Crippen LogP contribution in [-0.2, 0) is 6.54 Å². The third-order valence-electron chi connectivity index (χ3n) is 4.46. The number of rotatable bonds is 11. The van der Waals surface area contributed by atoms with Crippen molar-refractivity contribution in [3.05, 3.63) is 17.2 Å². The molecule has 1 heterocycles. The minimum atomic E-state index is 0. The normalized spacial score (nSPS) is 10.7. The first-order chi connectivity index (χ1) is 9.66. The summed E-state index contributed by atoms with van der Waals surface area (Å²) in [5.74, 6) is 1.30. The van der Waals surface area contributed by atoms with Crippen molar-refractivity contribution < 1.29 is 21.5 Å². The third-order valence-corrected chi connectivity index (χ3v) is 4.46. The average molecular weight is 359 g/mol. The fourth-order valence-electron chi connectivity index (χ4n) is 2.98. The lowest BCUT2D eigenvalue weighted by Gasteiger charge is -2.03. The quantitative estimate of drug-likeness (QED) is 0.462. The maximum Gasteiger partial charge on any atom is 0.251 e. The zero-order chi connectivity index (χ0) is 14.8. The predicted octanol–water partition coefficient (Wildman–Crippen LogP) is 2.15. The highest BCUT2D eigenvalue weighted by Gasteiger charge is 2.13. The van der Waals surface area contributed by atoms with Crippen LogP contribution < -0.4 is 21.5 Å². The summed E-state index contributed by atoms with van der Waals surface area (Å²) in [6.45, 7) is 10.0. The molecule has 0 fully saturated rings. The SMILES string of the molecule is CCCCCCCCCCCC[n+]1c(C)[nH]c(C)c1C.[Br-]. The van der Waals surface area contributed by atoms with Gasteiger partial charge < -0.3 is 17.0 Å². The molecule has 1 rings (SSSR count). The molecule has 3 heteroatoms. The number of unbranched alkanes of at least 4 members (excludes halogenated alkanes) is 9. The minimum Gasteiger partial charge on any atom is -1.00 e. The van der Waals surface area contributed by atoms with Gasteiger partial charge in [0.1, 0.15) is 11.4 Å². The van der Waals surface area contributed by atoms with Gasteiger partial charge in [-0.15, -0.1) is 0 Å². The summed E-state index contributed by atoms with van der Waals surface area (Å²) in [6.07, 6.45) is 14.1. The Hall–Kier alpha value is -0.310. The number of nitrogens with zero attached hydrogens (tertiary/aromatic N) is 1. The molecule has 1 aromatic rings. The molecule has 1 aromatic heterocycles. The number of nitrogens with one attached hydrogen (secondary N) is 1. The molecule has 2 nitrogen and oxygen atoms in total. The molecule has 21 heavy (non-hydrogen) atoms. The Morgan fingerprint density at radius 1 is 0.762 bits per heavy atom. The van der Waals surface area contributed by atoms with E-state index in [4.69, 9.17) is 0 Å². The molecule has 0 spiro atoms. The number of hydrogen-bond donors (Lipinski definition) is 1. The molecule has 0 bridgehead atoms. The Labute approximate surface area is 142 Å². The van der Waals surface area contributed by atoms with E-state index >= 15 is 0 Å². The van der Waals surface area contributed by atoms with E-state index < -0.39 is 0 Å². The minimum absolute atomic E-state index is 0.